The Hall–Kier alpha value is -4.00. The summed E-state index contributed by atoms with van der Waals surface area (Å²) in [6, 6.07) is 25.6. The molecule has 7 heteroatoms. The van der Waals surface area contributed by atoms with Crippen LogP contribution in [-0.4, -0.2) is 18.3 Å². The Bertz CT molecular complexity index is 955. The van der Waals surface area contributed by atoms with Gasteiger partial charge in [-0.05, 0) is 36.4 Å². The maximum Gasteiger partial charge on any atom is 0.265 e. The molecule has 0 unspecified atom stereocenters. The lowest BCUT2D eigenvalue weighted by Gasteiger charge is -2.05. The molecular formula is C21H19N5O2. The van der Waals surface area contributed by atoms with E-state index >= 15 is 0 Å². The minimum Gasteiger partial charge on any atom is -0.384 e. The van der Waals surface area contributed by atoms with Crippen LogP contribution in [0.2, 0.25) is 0 Å². The molecule has 0 spiro atoms. The predicted molar refractivity (Wildman–Crippen MR) is 109 cm³/mol. The van der Waals surface area contributed by atoms with Crippen LogP contribution in [-0.2, 0) is 9.63 Å². The van der Waals surface area contributed by atoms with E-state index in [1.54, 1.807) is 36.4 Å². The largest absolute Gasteiger partial charge is 0.384 e. The van der Waals surface area contributed by atoms with Crippen LogP contribution in [0.3, 0.4) is 0 Å². The van der Waals surface area contributed by atoms with Gasteiger partial charge in [-0.15, -0.1) is 0 Å². The Morgan fingerprint density at radius 3 is 2.04 bits per heavy atom. The fourth-order valence-electron chi connectivity index (χ4n) is 2.24. The van der Waals surface area contributed by atoms with Crippen LogP contribution in [0, 0.1) is 0 Å². The second-order valence-electron chi connectivity index (χ2n) is 5.75. The molecule has 3 rings (SSSR count). The third-order valence-corrected chi connectivity index (χ3v) is 3.62. The highest BCUT2D eigenvalue weighted by atomic mass is 16.6. The van der Waals surface area contributed by atoms with Crippen LogP contribution in [0.4, 0.5) is 17.1 Å². The van der Waals surface area contributed by atoms with Crippen molar-refractivity contribution in [3.8, 4) is 0 Å². The van der Waals surface area contributed by atoms with E-state index in [4.69, 9.17) is 10.6 Å². The van der Waals surface area contributed by atoms with E-state index in [1.165, 1.54) is 0 Å². The Labute approximate surface area is 162 Å². The first-order valence-electron chi connectivity index (χ1n) is 8.58. The van der Waals surface area contributed by atoms with Gasteiger partial charge < -0.3 is 15.9 Å². The molecular weight excluding hydrogens is 354 g/mol. The van der Waals surface area contributed by atoms with Crippen molar-refractivity contribution in [2.45, 2.75) is 0 Å². The van der Waals surface area contributed by atoms with Crippen LogP contribution >= 0.6 is 0 Å². The molecule has 0 saturated carbocycles. The van der Waals surface area contributed by atoms with E-state index in [-0.39, 0.29) is 18.3 Å². The summed E-state index contributed by atoms with van der Waals surface area (Å²) in [4.78, 5) is 17.0. The zero-order valence-corrected chi connectivity index (χ0v) is 15.0. The quantitative estimate of drug-likeness (QED) is 0.278. The second kappa shape index (κ2) is 9.63. The van der Waals surface area contributed by atoms with Crippen molar-refractivity contribution in [3.63, 3.8) is 0 Å². The molecule has 3 N–H and O–H groups in total. The lowest BCUT2D eigenvalue weighted by molar-refractivity contribution is -0.120. The minimum atomic E-state index is -0.344. The topological polar surface area (TPSA) is 101 Å². The number of carbonyl (C=O) groups is 1. The first kappa shape index (κ1) is 18.8. The van der Waals surface area contributed by atoms with E-state index < -0.39 is 0 Å². The highest BCUT2D eigenvalue weighted by molar-refractivity contribution is 5.97. The summed E-state index contributed by atoms with van der Waals surface area (Å²) >= 11 is 0. The van der Waals surface area contributed by atoms with Gasteiger partial charge in [0.05, 0.1) is 11.4 Å². The van der Waals surface area contributed by atoms with Crippen LogP contribution in [0.15, 0.2) is 100 Å². The van der Waals surface area contributed by atoms with Crippen molar-refractivity contribution < 1.29 is 9.63 Å². The average molecular weight is 373 g/mol. The van der Waals surface area contributed by atoms with Gasteiger partial charge in [0.2, 0.25) is 0 Å². The third kappa shape index (κ3) is 5.77. The van der Waals surface area contributed by atoms with E-state index in [9.17, 15) is 4.79 Å². The van der Waals surface area contributed by atoms with Gasteiger partial charge in [-0.3, -0.25) is 4.79 Å². The number of amides is 1. The molecule has 7 nitrogen and oxygen atoms in total. The summed E-state index contributed by atoms with van der Waals surface area (Å²) in [5.41, 5.74) is 8.59. The number of nitrogens with one attached hydrogen (secondary N) is 1. The molecule has 0 aliphatic heterocycles. The smallest absolute Gasteiger partial charge is 0.265 e. The van der Waals surface area contributed by atoms with E-state index in [0.717, 1.165) is 11.3 Å². The van der Waals surface area contributed by atoms with Gasteiger partial charge in [0.15, 0.2) is 12.4 Å². The summed E-state index contributed by atoms with van der Waals surface area (Å²) in [5, 5.41) is 14.8. The number of anilines is 1. The van der Waals surface area contributed by atoms with Crippen molar-refractivity contribution in [1.82, 2.24) is 0 Å². The SMILES string of the molecule is N/C(=N/OCC(=O)Nc1ccc(N=Nc2ccccc2)cc1)c1ccccc1. The zero-order valence-electron chi connectivity index (χ0n) is 15.0. The van der Waals surface area contributed by atoms with Crippen molar-refractivity contribution >= 4 is 28.8 Å². The van der Waals surface area contributed by atoms with Crippen LogP contribution in [0.5, 0.6) is 0 Å². The molecule has 0 aliphatic rings. The summed E-state index contributed by atoms with van der Waals surface area (Å²) in [5.74, 6) is -0.134. The normalized spacial score (nSPS) is 11.4. The Kier molecular flexibility index (Phi) is 6.46. The maximum atomic E-state index is 11.9. The summed E-state index contributed by atoms with van der Waals surface area (Å²) in [6.07, 6.45) is 0. The number of hydrogen-bond acceptors (Lipinski definition) is 5. The van der Waals surface area contributed by atoms with Gasteiger partial charge in [0.25, 0.3) is 5.91 Å². The molecule has 140 valence electrons. The van der Waals surface area contributed by atoms with E-state index in [0.29, 0.717) is 11.4 Å². The number of oxime groups is 1. The van der Waals surface area contributed by atoms with E-state index in [1.807, 2.05) is 48.5 Å². The van der Waals surface area contributed by atoms with E-state index in [2.05, 4.69) is 20.7 Å². The highest BCUT2D eigenvalue weighted by Crippen LogP contribution is 2.19. The molecule has 0 heterocycles. The number of amidine groups is 1. The van der Waals surface area contributed by atoms with Gasteiger partial charge in [-0.25, -0.2) is 0 Å². The molecule has 0 atom stereocenters. The number of carbonyl (C=O) groups excluding carboxylic acids is 1. The molecule has 0 radical (unpaired) electrons. The number of nitrogens with two attached hydrogens (primary N) is 1. The minimum absolute atomic E-state index is 0.210. The summed E-state index contributed by atoms with van der Waals surface area (Å²) < 4.78 is 0. The Morgan fingerprint density at radius 1 is 0.821 bits per heavy atom. The molecule has 3 aromatic rings. The average Bonchev–Trinajstić information content (AvgIpc) is 2.74. The molecule has 3 aromatic carbocycles. The Balaban J connectivity index is 1.48. The van der Waals surface area contributed by atoms with Crippen LogP contribution in [0.1, 0.15) is 5.56 Å². The Morgan fingerprint density at radius 2 is 1.39 bits per heavy atom. The lowest BCUT2D eigenvalue weighted by Crippen LogP contribution is -2.19. The summed E-state index contributed by atoms with van der Waals surface area (Å²) in [7, 11) is 0. The van der Waals surface area contributed by atoms with Crippen LogP contribution in [0.25, 0.3) is 0 Å². The first-order chi connectivity index (χ1) is 13.7. The van der Waals surface area contributed by atoms with Gasteiger partial charge in [-0.2, -0.15) is 10.2 Å². The third-order valence-electron chi connectivity index (χ3n) is 3.62. The lowest BCUT2D eigenvalue weighted by atomic mass is 10.2. The number of nitrogens with zero attached hydrogens (tertiary/aromatic N) is 3. The van der Waals surface area contributed by atoms with Gasteiger partial charge in [0.1, 0.15) is 0 Å². The van der Waals surface area contributed by atoms with Crippen LogP contribution < -0.4 is 11.1 Å². The second-order valence-corrected chi connectivity index (χ2v) is 5.75. The molecule has 0 fully saturated rings. The van der Waals surface area contributed by atoms with Crippen molar-refractivity contribution in [1.29, 1.82) is 0 Å². The standard InChI is InChI=1S/C21H19N5O2/c22-21(16-7-3-1-4-8-16)26-28-15-20(27)23-17-11-13-19(14-12-17)25-24-18-9-5-2-6-10-18/h1-14H,15H2,(H2,22,26)(H,23,27). The zero-order chi connectivity index (χ0) is 19.6. The van der Waals surface area contributed by atoms with Gasteiger partial charge >= 0.3 is 0 Å². The molecule has 0 saturated heterocycles. The maximum absolute atomic E-state index is 11.9. The molecule has 1 amide bonds. The fourth-order valence-corrected chi connectivity index (χ4v) is 2.24. The monoisotopic (exact) mass is 373 g/mol. The van der Waals surface area contributed by atoms with Gasteiger partial charge in [0, 0.05) is 11.3 Å². The summed E-state index contributed by atoms with van der Waals surface area (Å²) in [6.45, 7) is -0.247. The predicted octanol–water partition coefficient (Wildman–Crippen LogP) is 4.38. The van der Waals surface area contributed by atoms with Crippen molar-refractivity contribution in [2.24, 2.45) is 21.1 Å². The van der Waals surface area contributed by atoms with Gasteiger partial charge in [-0.1, -0.05) is 53.7 Å². The molecule has 28 heavy (non-hydrogen) atoms. The van der Waals surface area contributed by atoms with Crippen molar-refractivity contribution in [3.05, 3.63) is 90.5 Å². The number of rotatable bonds is 7. The molecule has 0 bridgehead atoms. The molecule has 0 aromatic heterocycles. The highest BCUT2D eigenvalue weighted by Gasteiger charge is 2.04. The van der Waals surface area contributed by atoms with Crippen molar-refractivity contribution in [2.75, 3.05) is 11.9 Å². The molecule has 0 aliphatic carbocycles. The number of azo groups is 1. The number of benzene rings is 3. The first-order valence-corrected chi connectivity index (χ1v) is 8.58. The fraction of sp³-hybridized carbons (Fsp3) is 0.0476. The number of hydrogen-bond donors (Lipinski definition) is 2.